The second-order valence-electron chi connectivity index (χ2n) is 7.89. The largest absolute Gasteiger partial charge is 0.505 e. The molecule has 9 nitrogen and oxygen atoms in total. The van der Waals surface area contributed by atoms with Crippen molar-refractivity contribution in [2.24, 2.45) is 0 Å². The number of aliphatic hydroxyl groups is 1. The van der Waals surface area contributed by atoms with Crippen LogP contribution in [0.5, 0.6) is 23.0 Å². The van der Waals surface area contributed by atoms with Crippen molar-refractivity contribution in [2.45, 2.75) is 39.2 Å². The Morgan fingerprint density at radius 3 is 2.24 bits per heavy atom. The Morgan fingerprint density at radius 1 is 1.12 bits per heavy atom. The lowest BCUT2D eigenvalue weighted by molar-refractivity contribution is 0.0969. The van der Waals surface area contributed by atoms with Gasteiger partial charge in [-0.05, 0) is 45.8 Å². The van der Waals surface area contributed by atoms with Gasteiger partial charge in [-0.2, -0.15) is 0 Å². The average Bonchev–Trinajstić information content (AvgIpc) is 3.38. The molecule has 1 aromatic heterocycles. The standard InChI is InChI=1S/C17H25NO4.C8H9NO3/c1-20-13-11-15(21-2)17(16(12-13)22-3)14(19)7-6-10-18-8-4-5-9-18;1-5-8(12)7(4-11)6(3-10)2-9-5/h11-12H,4-10H2,1-3H3;2,4,10,12H,3H2,1H3. The Hall–Kier alpha value is -3.17. The number of hydrogen-bond acceptors (Lipinski definition) is 9. The fourth-order valence-electron chi connectivity index (χ4n) is 3.78. The molecular weight excluding hydrogens is 440 g/mol. The number of carbonyl (C=O) groups is 2. The van der Waals surface area contributed by atoms with E-state index in [9.17, 15) is 14.7 Å². The van der Waals surface area contributed by atoms with Crippen molar-refractivity contribution in [3.05, 3.63) is 40.7 Å². The van der Waals surface area contributed by atoms with Crippen LogP contribution in [0.3, 0.4) is 0 Å². The average molecular weight is 475 g/mol. The quantitative estimate of drug-likeness (QED) is 0.395. The third-order valence-corrected chi connectivity index (χ3v) is 5.72. The van der Waals surface area contributed by atoms with E-state index in [1.165, 1.54) is 19.0 Å². The van der Waals surface area contributed by atoms with Crippen molar-refractivity contribution in [1.82, 2.24) is 9.88 Å². The minimum atomic E-state index is -0.297. The Labute approximate surface area is 200 Å². The molecule has 1 saturated heterocycles. The smallest absolute Gasteiger partial charge is 0.170 e. The number of aliphatic hydroxyl groups excluding tert-OH is 1. The van der Waals surface area contributed by atoms with Gasteiger partial charge in [0, 0.05) is 30.3 Å². The van der Waals surface area contributed by atoms with E-state index in [1.807, 2.05) is 0 Å². The summed E-state index contributed by atoms with van der Waals surface area (Å²) in [5.74, 6) is 1.51. The molecule has 0 bridgehead atoms. The number of aromatic nitrogens is 1. The van der Waals surface area contributed by atoms with Crippen molar-refractivity contribution in [3.63, 3.8) is 0 Å². The molecule has 3 rings (SSSR count). The van der Waals surface area contributed by atoms with Gasteiger partial charge >= 0.3 is 0 Å². The van der Waals surface area contributed by atoms with Crippen LogP contribution in [0.1, 0.15) is 57.7 Å². The molecule has 2 heterocycles. The zero-order chi connectivity index (χ0) is 25.1. The zero-order valence-corrected chi connectivity index (χ0v) is 20.3. The second kappa shape index (κ2) is 13.5. The van der Waals surface area contributed by atoms with E-state index in [0.717, 1.165) is 26.1 Å². The van der Waals surface area contributed by atoms with E-state index in [0.29, 0.717) is 46.8 Å². The van der Waals surface area contributed by atoms with Crippen LogP contribution < -0.4 is 14.2 Å². The topological polar surface area (TPSA) is 118 Å². The number of nitrogens with zero attached hydrogens (tertiary/aromatic N) is 2. The predicted molar refractivity (Wildman–Crippen MR) is 127 cm³/mol. The first kappa shape index (κ1) is 27.1. The molecule has 2 N–H and O–H groups in total. The molecule has 9 heteroatoms. The Kier molecular flexibility index (Phi) is 10.8. The molecule has 0 spiro atoms. The van der Waals surface area contributed by atoms with Crippen LogP contribution in [0.4, 0.5) is 0 Å². The molecule has 1 aromatic carbocycles. The van der Waals surface area contributed by atoms with Crippen molar-refractivity contribution in [2.75, 3.05) is 41.0 Å². The number of aldehydes is 1. The molecule has 0 atom stereocenters. The molecule has 186 valence electrons. The summed E-state index contributed by atoms with van der Waals surface area (Å²) in [5.41, 5.74) is 1.35. The highest BCUT2D eigenvalue weighted by molar-refractivity contribution is 6.01. The van der Waals surface area contributed by atoms with Gasteiger partial charge in [0.2, 0.25) is 0 Å². The first-order valence-electron chi connectivity index (χ1n) is 11.2. The summed E-state index contributed by atoms with van der Waals surface area (Å²) in [6, 6.07) is 3.44. The monoisotopic (exact) mass is 474 g/mol. The molecule has 0 radical (unpaired) electrons. The Morgan fingerprint density at radius 2 is 1.74 bits per heavy atom. The van der Waals surface area contributed by atoms with Crippen LogP contribution in [-0.2, 0) is 6.61 Å². The number of ether oxygens (including phenoxy) is 3. The molecule has 1 fully saturated rings. The SMILES string of the molecule is COc1cc(OC)c(C(=O)CCCN2CCCC2)c(OC)c1.Cc1ncc(CO)c(C=O)c1O. The highest BCUT2D eigenvalue weighted by Crippen LogP contribution is 2.35. The molecule has 2 aromatic rings. The van der Waals surface area contributed by atoms with Gasteiger partial charge in [-0.25, -0.2) is 0 Å². The van der Waals surface area contributed by atoms with Gasteiger partial charge in [0.15, 0.2) is 12.1 Å². The number of benzene rings is 1. The molecule has 0 amide bonds. The predicted octanol–water partition coefficient (Wildman–Crippen LogP) is 3.17. The maximum absolute atomic E-state index is 12.6. The maximum atomic E-state index is 12.6. The minimum absolute atomic E-state index is 0.0514. The van der Waals surface area contributed by atoms with Gasteiger partial charge in [0.05, 0.1) is 39.2 Å². The third kappa shape index (κ3) is 6.91. The van der Waals surface area contributed by atoms with Crippen LogP contribution >= 0.6 is 0 Å². The summed E-state index contributed by atoms with van der Waals surface area (Å²) in [6.07, 6.45) is 5.78. The Bertz CT molecular complexity index is 947. The van der Waals surface area contributed by atoms with E-state index < -0.39 is 0 Å². The number of ketones is 1. The van der Waals surface area contributed by atoms with Gasteiger partial charge in [0.25, 0.3) is 0 Å². The highest BCUT2D eigenvalue weighted by Gasteiger charge is 2.20. The van der Waals surface area contributed by atoms with Crippen LogP contribution in [-0.4, -0.2) is 73.1 Å². The summed E-state index contributed by atoms with van der Waals surface area (Å²) < 4.78 is 15.9. The van der Waals surface area contributed by atoms with Crippen LogP contribution in [0.15, 0.2) is 18.3 Å². The van der Waals surface area contributed by atoms with Gasteiger partial charge in [-0.15, -0.1) is 0 Å². The number of carbonyl (C=O) groups excluding carboxylic acids is 2. The summed E-state index contributed by atoms with van der Waals surface area (Å²) in [6.45, 7) is 4.58. The molecule has 34 heavy (non-hydrogen) atoms. The number of methoxy groups -OCH3 is 3. The lowest BCUT2D eigenvalue weighted by atomic mass is 10.0. The summed E-state index contributed by atoms with van der Waals surface area (Å²) in [7, 11) is 4.68. The number of hydrogen-bond donors (Lipinski definition) is 2. The van der Waals surface area contributed by atoms with E-state index in [1.54, 1.807) is 40.4 Å². The van der Waals surface area contributed by atoms with Gasteiger partial charge in [0.1, 0.15) is 28.6 Å². The van der Waals surface area contributed by atoms with E-state index in [-0.39, 0.29) is 23.7 Å². The van der Waals surface area contributed by atoms with Crippen molar-refractivity contribution >= 4 is 12.1 Å². The maximum Gasteiger partial charge on any atom is 0.170 e. The molecule has 0 unspecified atom stereocenters. The van der Waals surface area contributed by atoms with Crippen LogP contribution in [0.2, 0.25) is 0 Å². The van der Waals surface area contributed by atoms with E-state index >= 15 is 0 Å². The number of pyridine rings is 1. The summed E-state index contributed by atoms with van der Waals surface area (Å²) in [4.78, 5) is 29.2. The normalized spacial score (nSPS) is 13.1. The number of likely N-dealkylation sites (tertiary alicyclic amines) is 1. The Balaban J connectivity index is 0.000000287. The molecule has 0 saturated carbocycles. The summed E-state index contributed by atoms with van der Waals surface area (Å²) in [5, 5.41) is 18.1. The third-order valence-electron chi connectivity index (χ3n) is 5.72. The van der Waals surface area contributed by atoms with Crippen LogP contribution in [0.25, 0.3) is 0 Å². The number of aryl methyl sites for hydroxylation is 1. The number of aromatic hydroxyl groups is 1. The molecular formula is C25H34N2O7. The first-order chi connectivity index (χ1) is 16.4. The number of rotatable bonds is 10. The molecule has 1 aliphatic rings. The first-order valence-corrected chi connectivity index (χ1v) is 11.2. The van der Waals surface area contributed by atoms with E-state index in [2.05, 4.69) is 9.88 Å². The van der Waals surface area contributed by atoms with Crippen molar-refractivity contribution < 1.29 is 34.0 Å². The lowest BCUT2D eigenvalue weighted by Gasteiger charge is -2.16. The van der Waals surface area contributed by atoms with Gasteiger partial charge in [-0.1, -0.05) is 0 Å². The lowest BCUT2D eigenvalue weighted by Crippen LogP contribution is -2.21. The second-order valence-corrected chi connectivity index (χ2v) is 7.89. The van der Waals surface area contributed by atoms with Gasteiger partial charge in [-0.3, -0.25) is 14.6 Å². The molecule has 1 aliphatic heterocycles. The fraction of sp³-hybridized carbons (Fsp3) is 0.480. The van der Waals surface area contributed by atoms with Crippen molar-refractivity contribution in [1.29, 1.82) is 0 Å². The fourth-order valence-corrected chi connectivity index (χ4v) is 3.78. The van der Waals surface area contributed by atoms with Gasteiger partial charge < -0.3 is 29.3 Å². The highest BCUT2D eigenvalue weighted by atomic mass is 16.5. The zero-order valence-electron chi connectivity index (χ0n) is 20.3. The minimum Gasteiger partial charge on any atom is -0.505 e. The van der Waals surface area contributed by atoms with Crippen LogP contribution in [0, 0.1) is 6.92 Å². The molecule has 0 aliphatic carbocycles. The summed E-state index contributed by atoms with van der Waals surface area (Å²) >= 11 is 0. The van der Waals surface area contributed by atoms with E-state index in [4.69, 9.17) is 19.3 Å². The number of Topliss-reactive ketones (excluding diaryl/α,β-unsaturated/α-hetero) is 1. The van der Waals surface area contributed by atoms with Crippen molar-refractivity contribution in [3.8, 4) is 23.0 Å².